The van der Waals surface area contributed by atoms with Gasteiger partial charge in [-0.15, -0.1) is 0 Å². The smallest absolute Gasteiger partial charge is 0.309 e. The maximum absolute atomic E-state index is 12.2. The van der Waals surface area contributed by atoms with Crippen LogP contribution >= 0.6 is 19.2 Å². The number of Topliss-reactive ketones (excluding diaryl/α,β-unsaturated/α-hetero) is 1. The summed E-state index contributed by atoms with van der Waals surface area (Å²) in [5, 5.41) is 0.546. The normalized spacial score (nSPS) is 11.5. The Labute approximate surface area is 112 Å². The second-order valence-corrected chi connectivity index (χ2v) is 6.03. The standard InChI is InChI=1S/C12H16ClO4P/c1-3-16-18(15,17-4-2)9-12(14)10-5-7-11(13)8-6-10/h5-8H,3-4,9H2,1-2H3. The SMILES string of the molecule is CCOP(=O)(CC(=O)c1ccc(Cl)cc1)OCC. The number of hydrogen-bond acceptors (Lipinski definition) is 4. The van der Waals surface area contributed by atoms with Crippen molar-refractivity contribution in [3.63, 3.8) is 0 Å². The molecule has 0 aromatic heterocycles. The molecular weight excluding hydrogens is 275 g/mol. The number of ketones is 1. The molecule has 0 saturated heterocycles. The predicted octanol–water partition coefficient (Wildman–Crippen LogP) is 3.79. The Balaban J connectivity index is 2.78. The average Bonchev–Trinajstić information content (AvgIpc) is 2.30. The monoisotopic (exact) mass is 290 g/mol. The zero-order valence-electron chi connectivity index (χ0n) is 10.4. The number of halogens is 1. The van der Waals surface area contributed by atoms with Gasteiger partial charge in [0.2, 0.25) is 0 Å². The van der Waals surface area contributed by atoms with Crippen molar-refractivity contribution >= 4 is 25.0 Å². The molecule has 1 aromatic carbocycles. The van der Waals surface area contributed by atoms with Gasteiger partial charge in [0.1, 0.15) is 6.16 Å². The van der Waals surface area contributed by atoms with Gasteiger partial charge in [0, 0.05) is 10.6 Å². The third-order valence-electron chi connectivity index (χ3n) is 2.16. The molecule has 1 rings (SSSR count). The molecule has 4 nitrogen and oxygen atoms in total. The number of carbonyl (C=O) groups excluding carboxylic acids is 1. The summed E-state index contributed by atoms with van der Waals surface area (Å²) in [5.74, 6) is -0.281. The lowest BCUT2D eigenvalue weighted by Gasteiger charge is -2.16. The molecule has 1 aromatic rings. The quantitative estimate of drug-likeness (QED) is 0.566. The van der Waals surface area contributed by atoms with Gasteiger partial charge in [-0.25, -0.2) is 0 Å². The highest BCUT2D eigenvalue weighted by molar-refractivity contribution is 7.54. The first-order valence-corrected chi connectivity index (χ1v) is 7.78. The zero-order chi connectivity index (χ0) is 13.6. The molecule has 0 unspecified atom stereocenters. The van der Waals surface area contributed by atoms with E-state index in [2.05, 4.69) is 0 Å². The van der Waals surface area contributed by atoms with E-state index < -0.39 is 7.60 Å². The van der Waals surface area contributed by atoms with Gasteiger partial charge in [-0.3, -0.25) is 9.36 Å². The molecule has 18 heavy (non-hydrogen) atoms. The van der Waals surface area contributed by atoms with Crippen LogP contribution in [-0.2, 0) is 13.6 Å². The van der Waals surface area contributed by atoms with E-state index in [-0.39, 0.29) is 25.2 Å². The van der Waals surface area contributed by atoms with Crippen molar-refractivity contribution in [3.8, 4) is 0 Å². The van der Waals surface area contributed by atoms with E-state index in [1.54, 1.807) is 38.1 Å². The van der Waals surface area contributed by atoms with Crippen LogP contribution in [-0.4, -0.2) is 25.2 Å². The van der Waals surface area contributed by atoms with E-state index in [1.165, 1.54) is 0 Å². The summed E-state index contributed by atoms with van der Waals surface area (Å²) in [7, 11) is -3.34. The van der Waals surface area contributed by atoms with Crippen LogP contribution in [0.2, 0.25) is 5.02 Å². The molecule has 0 aliphatic rings. The van der Waals surface area contributed by atoms with Crippen molar-refractivity contribution in [2.24, 2.45) is 0 Å². The second kappa shape index (κ2) is 7.05. The van der Waals surface area contributed by atoms with Crippen molar-refractivity contribution in [1.82, 2.24) is 0 Å². The number of benzene rings is 1. The van der Waals surface area contributed by atoms with Crippen molar-refractivity contribution in [2.75, 3.05) is 19.4 Å². The lowest BCUT2D eigenvalue weighted by atomic mass is 10.1. The van der Waals surface area contributed by atoms with Crippen molar-refractivity contribution in [1.29, 1.82) is 0 Å². The Hall–Kier alpha value is -0.670. The van der Waals surface area contributed by atoms with Gasteiger partial charge in [-0.2, -0.15) is 0 Å². The Bertz CT molecular complexity index is 434. The predicted molar refractivity (Wildman–Crippen MR) is 71.5 cm³/mol. The molecule has 0 spiro atoms. The van der Waals surface area contributed by atoms with E-state index in [4.69, 9.17) is 20.6 Å². The molecule has 100 valence electrons. The third kappa shape index (κ3) is 4.54. The van der Waals surface area contributed by atoms with Gasteiger partial charge in [-0.1, -0.05) is 11.6 Å². The summed E-state index contributed by atoms with van der Waals surface area (Å²) in [6.07, 6.45) is -0.254. The largest absolute Gasteiger partial charge is 0.338 e. The van der Waals surface area contributed by atoms with E-state index in [0.29, 0.717) is 10.6 Å². The van der Waals surface area contributed by atoms with Crippen LogP contribution in [0.25, 0.3) is 0 Å². The van der Waals surface area contributed by atoms with Crippen molar-refractivity contribution < 1.29 is 18.4 Å². The molecule has 0 aliphatic heterocycles. The van der Waals surface area contributed by atoms with Crippen LogP contribution in [0.15, 0.2) is 24.3 Å². The summed E-state index contributed by atoms with van der Waals surface area (Å²) < 4.78 is 22.3. The lowest BCUT2D eigenvalue weighted by molar-refractivity contribution is 0.100. The molecule has 0 heterocycles. The molecule has 0 radical (unpaired) electrons. The molecule has 0 saturated carbocycles. The minimum absolute atomic E-state index is 0.241. The summed E-state index contributed by atoms with van der Waals surface area (Å²) in [6.45, 7) is 3.90. The van der Waals surface area contributed by atoms with Gasteiger partial charge in [-0.05, 0) is 38.1 Å². The maximum Gasteiger partial charge on any atom is 0.338 e. The average molecular weight is 291 g/mol. The summed E-state index contributed by atoms with van der Waals surface area (Å²) in [6, 6.07) is 6.40. The summed E-state index contributed by atoms with van der Waals surface area (Å²) in [5.41, 5.74) is 0.444. The van der Waals surface area contributed by atoms with Crippen LogP contribution in [0.5, 0.6) is 0 Å². The maximum atomic E-state index is 12.2. The highest BCUT2D eigenvalue weighted by Crippen LogP contribution is 2.48. The second-order valence-electron chi connectivity index (χ2n) is 3.53. The van der Waals surface area contributed by atoms with Gasteiger partial charge < -0.3 is 9.05 Å². The fraction of sp³-hybridized carbons (Fsp3) is 0.417. The molecule has 0 fully saturated rings. The molecule has 0 atom stereocenters. The highest BCUT2D eigenvalue weighted by atomic mass is 35.5. The van der Waals surface area contributed by atoms with Gasteiger partial charge >= 0.3 is 7.60 Å². The van der Waals surface area contributed by atoms with Crippen LogP contribution in [0.1, 0.15) is 24.2 Å². The zero-order valence-corrected chi connectivity index (χ0v) is 12.0. The number of carbonyl (C=O) groups is 1. The molecule has 0 amide bonds. The molecule has 0 bridgehead atoms. The van der Waals surface area contributed by atoms with Crippen LogP contribution in [0.3, 0.4) is 0 Å². The first-order valence-electron chi connectivity index (χ1n) is 5.67. The lowest BCUT2D eigenvalue weighted by Crippen LogP contribution is -2.10. The fourth-order valence-electron chi connectivity index (χ4n) is 1.42. The van der Waals surface area contributed by atoms with E-state index in [0.717, 1.165) is 0 Å². The first kappa shape index (κ1) is 15.4. The van der Waals surface area contributed by atoms with Gasteiger partial charge in [0.15, 0.2) is 5.78 Å². The van der Waals surface area contributed by atoms with Crippen LogP contribution in [0, 0.1) is 0 Å². The van der Waals surface area contributed by atoms with E-state index in [9.17, 15) is 9.36 Å². The topological polar surface area (TPSA) is 52.6 Å². The third-order valence-corrected chi connectivity index (χ3v) is 4.38. The Kier molecular flexibility index (Phi) is 6.03. The molecule has 6 heteroatoms. The van der Waals surface area contributed by atoms with E-state index >= 15 is 0 Å². The summed E-state index contributed by atoms with van der Waals surface area (Å²) >= 11 is 5.73. The van der Waals surface area contributed by atoms with E-state index in [1.807, 2.05) is 0 Å². The van der Waals surface area contributed by atoms with Crippen molar-refractivity contribution in [3.05, 3.63) is 34.9 Å². The van der Waals surface area contributed by atoms with Crippen LogP contribution < -0.4 is 0 Å². The molecule has 0 N–H and O–H groups in total. The van der Waals surface area contributed by atoms with Gasteiger partial charge in [0.05, 0.1) is 13.2 Å². The highest BCUT2D eigenvalue weighted by Gasteiger charge is 2.27. The van der Waals surface area contributed by atoms with Crippen LogP contribution in [0.4, 0.5) is 0 Å². The minimum Gasteiger partial charge on any atom is -0.309 e. The number of hydrogen-bond donors (Lipinski definition) is 0. The van der Waals surface area contributed by atoms with Crippen molar-refractivity contribution in [2.45, 2.75) is 13.8 Å². The summed E-state index contributed by atoms with van der Waals surface area (Å²) in [4.78, 5) is 11.9. The first-order chi connectivity index (χ1) is 8.50. The Morgan fingerprint density at radius 3 is 2.11 bits per heavy atom. The Morgan fingerprint density at radius 2 is 1.67 bits per heavy atom. The van der Waals surface area contributed by atoms with Gasteiger partial charge in [0.25, 0.3) is 0 Å². The molecular formula is C12H16ClO4P. The minimum atomic E-state index is -3.34. The Morgan fingerprint density at radius 1 is 1.17 bits per heavy atom. The molecule has 0 aliphatic carbocycles. The number of rotatable bonds is 7. The fourth-order valence-corrected chi connectivity index (χ4v) is 3.13.